The minimum absolute atomic E-state index is 0.0995. The lowest BCUT2D eigenvalue weighted by Crippen LogP contribution is -2.35. The van der Waals surface area contributed by atoms with E-state index in [1.807, 2.05) is 13.8 Å². The molecule has 1 aromatic heterocycles. The van der Waals surface area contributed by atoms with E-state index in [-0.39, 0.29) is 5.54 Å². The summed E-state index contributed by atoms with van der Waals surface area (Å²) in [5.41, 5.74) is 3.47. The Kier molecular flexibility index (Phi) is 4.52. The van der Waals surface area contributed by atoms with Crippen LogP contribution in [0.3, 0.4) is 0 Å². The van der Waals surface area contributed by atoms with E-state index in [1.165, 1.54) is 5.56 Å². The van der Waals surface area contributed by atoms with Crippen molar-refractivity contribution >= 4 is 0 Å². The quantitative estimate of drug-likeness (QED) is 0.872. The highest BCUT2D eigenvalue weighted by Gasteiger charge is 2.13. The van der Waals surface area contributed by atoms with Crippen LogP contribution in [0.15, 0.2) is 6.07 Å². The van der Waals surface area contributed by atoms with E-state index in [1.54, 1.807) is 0 Å². The van der Waals surface area contributed by atoms with Crippen molar-refractivity contribution < 1.29 is 4.74 Å². The maximum absolute atomic E-state index is 5.59. The van der Waals surface area contributed by atoms with Crippen molar-refractivity contribution in [3.63, 3.8) is 0 Å². The number of nitrogens with one attached hydrogen (secondary N) is 1. The van der Waals surface area contributed by atoms with Gasteiger partial charge in [0, 0.05) is 23.3 Å². The molecule has 0 fully saturated rings. The standard InChI is InChI=1S/C14H24N2O/c1-7-17-13-12(9-15-14(4,5)6)8-10(2)11(3)16-13/h8,15H,7,9H2,1-6H3. The monoisotopic (exact) mass is 236 g/mol. The fraction of sp³-hybridized carbons (Fsp3) is 0.643. The predicted molar refractivity (Wildman–Crippen MR) is 71.5 cm³/mol. The molecule has 1 aromatic rings. The Labute approximate surface area is 105 Å². The molecule has 0 aromatic carbocycles. The van der Waals surface area contributed by atoms with Crippen molar-refractivity contribution in [1.29, 1.82) is 0 Å². The number of rotatable bonds is 4. The summed E-state index contributed by atoms with van der Waals surface area (Å²) in [6, 6.07) is 2.16. The number of nitrogens with zero attached hydrogens (tertiary/aromatic N) is 1. The Hall–Kier alpha value is -1.09. The SMILES string of the molecule is CCOc1nc(C)c(C)cc1CNC(C)(C)C. The van der Waals surface area contributed by atoms with Crippen LogP contribution in [0.2, 0.25) is 0 Å². The molecule has 0 radical (unpaired) electrons. The summed E-state index contributed by atoms with van der Waals surface area (Å²) in [5.74, 6) is 0.757. The number of aromatic nitrogens is 1. The van der Waals surface area contributed by atoms with Crippen molar-refractivity contribution in [2.24, 2.45) is 0 Å². The summed E-state index contributed by atoms with van der Waals surface area (Å²) < 4.78 is 5.59. The minimum Gasteiger partial charge on any atom is -0.478 e. The first kappa shape index (κ1) is 14.0. The van der Waals surface area contributed by atoms with Gasteiger partial charge in [0.25, 0.3) is 0 Å². The van der Waals surface area contributed by atoms with Crippen LogP contribution in [0.1, 0.15) is 44.5 Å². The van der Waals surface area contributed by atoms with E-state index in [9.17, 15) is 0 Å². The Balaban J connectivity index is 2.92. The average Bonchev–Trinajstić information content (AvgIpc) is 2.20. The van der Waals surface area contributed by atoms with Gasteiger partial charge in [-0.25, -0.2) is 4.98 Å². The zero-order chi connectivity index (χ0) is 13.1. The van der Waals surface area contributed by atoms with Gasteiger partial charge in [-0.15, -0.1) is 0 Å². The van der Waals surface area contributed by atoms with Crippen LogP contribution in [0.25, 0.3) is 0 Å². The number of hydrogen-bond acceptors (Lipinski definition) is 3. The van der Waals surface area contributed by atoms with Gasteiger partial charge >= 0.3 is 0 Å². The third kappa shape index (κ3) is 4.35. The zero-order valence-corrected chi connectivity index (χ0v) is 11.8. The molecule has 1 heterocycles. The highest BCUT2D eigenvalue weighted by atomic mass is 16.5. The minimum atomic E-state index is 0.0995. The first-order valence-electron chi connectivity index (χ1n) is 6.18. The molecule has 0 amide bonds. The molecule has 0 aliphatic heterocycles. The molecule has 3 heteroatoms. The normalized spacial score (nSPS) is 11.6. The highest BCUT2D eigenvalue weighted by molar-refractivity contribution is 5.33. The van der Waals surface area contributed by atoms with Crippen LogP contribution in [0, 0.1) is 13.8 Å². The average molecular weight is 236 g/mol. The fourth-order valence-corrected chi connectivity index (χ4v) is 1.49. The number of pyridine rings is 1. The molecule has 3 nitrogen and oxygen atoms in total. The molecule has 0 atom stereocenters. The molecule has 0 unspecified atom stereocenters. The fourth-order valence-electron chi connectivity index (χ4n) is 1.49. The second-order valence-corrected chi connectivity index (χ2v) is 5.39. The molecule has 0 spiro atoms. The van der Waals surface area contributed by atoms with Gasteiger partial charge in [0.2, 0.25) is 5.88 Å². The van der Waals surface area contributed by atoms with Crippen molar-refractivity contribution in [3.05, 3.63) is 22.9 Å². The molecule has 96 valence electrons. The van der Waals surface area contributed by atoms with Crippen molar-refractivity contribution in [3.8, 4) is 5.88 Å². The Morgan fingerprint density at radius 2 is 1.94 bits per heavy atom. The van der Waals surface area contributed by atoms with E-state index in [0.29, 0.717) is 6.61 Å². The summed E-state index contributed by atoms with van der Waals surface area (Å²) in [6.45, 7) is 14.0. The molecule has 0 saturated heterocycles. The molecule has 0 saturated carbocycles. The van der Waals surface area contributed by atoms with Crippen LogP contribution < -0.4 is 10.1 Å². The van der Waals surface area contributed by atoms with E-state index in [0.717, 1.165) is 23.7 Å². The van der Waals surface area contributed by atoms with Crippen LogP contribution in [-0.4, -0.2) is 17.1 Å². The second-order valence-electron chi connectivity index (χ2n) is 5.39. The first-order chi connectivity index (χ1) is 7.83. The van der Waals surface area contributed by atoms with Gasteiger partial charge in [-0.05, 0) is 53.2 Å². The van der Waals surface area contributed by atoms with Crippen LogP contribution in [0.5, 0.6) is 5.88 Å². The Morgan fingerprint density at radius 1 is 1.29 bits per heavy atom. The number of aryl methyl sites for hydroxylation is 2. The van der Waals surface area contributed by atoms with Gasteiger partial charge in [-0.1, -0.05) is 0 Å². The van der Waals surface area contributed by atoms with E-state index in [2.05, 4.69) is 44.1 Å². The van der Waals surface area contributed by atoms with Crippen LogP contribution in [0.4, 0.5) is 0 Å². The topological polar surface area (TPSA) is 34.1 Å². The maximum Gasteiger partial charge on any atom is 0.218 e. The zero-order valence-electron chi connectivity index (χ0n) is 11.8. The number of ether oxygens (including phenoxy) is 1. The second kappa shape index (κ2) is 5.50. The molecule has 1 N–H and O–H groups in total. The lowest BCUT2D eigenvalue weighted by atomic mass is 10.1. The summed E-state index contributed by atoms with van der Waals surface area (Å²) in [7, 11) is 0. The molecule has 0 bridgehead atoms. The van der Waals surface area contributed by atoms with Gasteiger partial charge in [-0.3, -0.25) is 0 Å². The summed E-state index contributed by atoms with van der Waals surface area (Å²) in [6.07, 6.45) is 0. The van der Waals surface area contributed by atoms with Gasteiger partial charge in [0.05, 0.1) is 6.61 Å². The Bertz CT molecular complexity index is 381. The van der Waals surface area contributed by atoms with E-state index < -0.39 is 0 Å². The van der Waals surface area contributed by atoms with Gasteiger partial charge in [-0.2, -0.15) is 0 Å². The molecule has 1 rings (SSSR count). The summed E-state index contributed by atoms with van der Waals surface area (Å²) in [4.78, 5) is 4.50. The lowest BCUT2D eigenvalue weighted by Gasteiger charge is -2.21. The largest absolute Gasteiger partial charge is 0.478 e. The lowest BCUT2D eigenvalue weighted by molar-refractivity contribution is 0.318. The first-order valence-corrected chi connectivity index (χ1v) is 6.18. The summed E-state index contributed by atoms with van der Waals surface area (Å²) >= 11 is 0. The van der Waals surface area contributed by atoms with Crippen LogP contribution >= 0.6 is 0 Å². The summed E-state index contributed by atoms with van der Waals surface area (Å²) in [5, 5.41) is 3.46. The van der Waals surface area contributed by atoms with E-state index in [4.69, 9.17) is 4.74 Å². The predicted octanol–water partition coefficient (Wildman–Crippen LogP) is 2.99. The van der Waals surface area contributed by atoms with Gasteiger partial charge in [0.15, 0.2) is 0 Å². The highest BCUT2D eigenvalue weighted by Crippen LogP contribution is 2.20. The maximum atomic E-state index is 5.59. The third-order valence-corrected chi connectivity index (χ3v) is 2.60. The molecular formula is C14H24N2O. The Morgan fingerprint density at radius 3 is 2.47 bits per heavy atom. The smallest absolute Gasteiger partial charge is 0.218 e. The van der Waals surface area contributed by atoms with Gasteiger partial charge in [0.1, 0.15) is 0 Å². The van der Waals surface area contributed by atoms with Crippen LogP contribution in [-0.2, 0) is 6.54 Å². The third-order valence-electron chi connectivity index (χ3n) is 2.60. The van der Waals surface area contributed by atoms with Crippen molar-refractivity contribution in [2.75, 3.05) is 6.61 Å². The van der Waals surface area contributed by atoms with Crippen molar-refractivity contribution in [2.45, 2.75) is 53.6 Å². The van der Waals surface area contributed by atoms with Gasteiger partial charge < -0.3 is 10.1 Å². The molecule has 0 aliphatic carbocycles. The van der Waals surface area contributed by atoms with Crippen molar-refractivity contribution in [1.82, 2.24) is 10.3 Å². The molecule has 0 aliphatic rings. The molecular weight excluding hydrogens is 212 g/mol. The molecule has 17 heavy (non-hydrogen) atoms. The van der Waals surface area contributed by atoms with E-state index >= 15 is 0 Å². The number of hydrogen-bond donors (Lipinski definition) is 1.